The zero-order valence-electron chi connectivity index (χ0n) is 13.5. The Hall–Kier alpha value is -2.05. The van der Waals surface area contributed by atoms with E-state index in [1.165, 1.54) is 19.1 Å². The summed E-state index contributed by atoms with van der Waals surface area (Å²) in [7, 11) is 0. The first kappa shape index (κ1) is 20.0. The number of carbonyl (C=O) groups is 1. The van der Waals surface area contributed by atoms with Gasteiger partial charge in [0.25, 0.3) is 5.91 Å². The third kappa shape index (κ3) is 5.25. The molecule has 1 atom stereocenters. The molecule has 0 radical (unpaired) electrons. The summed E-state index contributed by atoms with van der Waals surface area (Å²) in [5, 5.41) is 11.0. The van der Waals surface area contributed by atoms with E-state index in [2.05, 4.69) is 9.71 Å². The maximum Gasteiger partial charge on any atom is 0.417 e. The fourth-order valence-corrected chi connectivity index (χ4v) is 2.08. The topological polar surface area (TPSA) is 88.3 Å². The molecule has 0 aliphatic heterocycles. The van der Waals surface area contributed by atoms with Crippen LogP contribution < -0.4 is 5.32 Å². The Balaban J connectivity index is 3.04. The number of anilines is 1. The molecule has 0 heterocycles. The van der Waals surface area contributed by atoms with E-state index in [0.29, 0.717) is 6.07 Å². The summed E-state index contributed by atoms with van der Waals surface area (Å²) >= 11 is -1.67. The average Bonchev–Trinajstić information content (AvgIpc) is 2.45. The summed E-state index contributed by atoms with van der Waals surface area (Å²) in [4.78, 5) is 12.0. The highest BCUT2D eigenvalue weighted by atomic mass is 32.2. The summed E-state index contributed by atoms with van der Waals surface area (Å²) in [6.07, 6.45) is -4.72. The molecule has 1 aromatic carbocycles. The van der Waals surface area contributed by atoms with E-state index in [4.69, 9.17) is 5.26 Å². The minimum absolute atomic E-state index is 0.124. The number of nitrogens with zero attached hydrogens (tertiary/aromatic N) is 2. The number of amides is 1. The van der Waals surface area contributed by atoms with Crippen molar-refractivity contribution >= 4 is 28.7 Å². The molecular weight excluding hydrogens is 343 g/mol. The standard InChI is InChI=1S/C15H16F3N3O2S/c1-9(21-24(23)14(2,3)4)13(22)20-11-6-5-10(8-19)12(7-11)15(16,17)18/h5-7H,1-4H3,(H,20,22)/t24-/m0/s1. The second kappa shape index (κ2) is 7.23. The van der Waals surface area contributed by atoms with Crippen molar-refractivity contribution in [2.45, 2.75) is 38.6 Å². The van der Waals surface area contributed by atoms with Crippen LogP contribution in [0.5, 0.6) is 0 Å². The van der Waals surface area contributed by atoms with E-state index >= 15 is 0 Å². The number of nitrogens with one attached hydrogen (secondary N) is 1. The number of nitriles is 1. The van der Waals surface area contributed by atoms with Crippen LogP contribution in [-0.4, -0.2) is 20.9 Å². The number of alkyl halides is 3. The smallest absolute Gasteiger partial charge is 0.417 e. The Morgan fingerprint density at radius 2 is 1.92 bits per heavy atom. The van der Waals surface area contributed by atoms with Crippen LogP contribution in [0.25, 0.3) is 0 Å². The van der Waals surface area contributed by atoms with Crippen LogP contribution >= 0.6 is 0 Å². The second-order valence-corrected chi connectivity index (χ2v) is 7.77. The van der Waals surface area contributed by atoms with Crippen LogP contribution in [0.4, 0.5) is 18.9 Å². The minimum Gasteiger partial charge on any atom is -0.591 e. The monoisotopic (exact) mass is 359 g/mol. The Labute approximate surface area is 140 Å². The molecule has 0 aromatic heterocycles. The minimum atomic E-state index is -4.72. The average molecular weight is 359 g/mol. The van der Waals surface area contributed by atoms with Gasteiger partial charge < -0.3 is 9.87 Å². The Morgan fingerprint density at radius 3 is 2.38 bits per heavy atom. The van der Waals surface area contributed by atoms with Gasteiger partial charge in [0.05, 0.1) is 17.2 Å². The van der Waals surface area contributed by atoms with Crippen LogP contribution in [0.1, 0.15) is 38.8 Å². The van der Waals surface area contributed by atoms with E-state index in [1.807, 2.05) is 0 Å². The van der Waals surface area contributed by atoms with Crippen molar-refractivity contribution in [1.29, 1.82) is 5.26 Å². The number of hydrogen-bond donors (Lipinski definition) is 1. The zero-order chi connectivity index (χ0) is 18.7. The number of rotatable bonds is 3. The Morgan fingerprint density at radius 1 is 1.33 bits per heavy atom. The summed E-state index contributed by atoms with van der Waals surface area (Å²) in [5.41, 5.74) is -1.95. The summed E-state index contributed by atoms with van der Waals surface area (Å²) < 4.78 is 53.6. The van der Waals surface area contributed by atoms with Crippen LogP contribution in [0.2, 0.25) is 0 Å². The first-order chi connectivity index (χ1) is 10.9. The molecule has 1 N–H and O–H groups in total. The molecule has 24 heavy (non-hydrogen) atoms. The van der Waals surface area contributed by atoms with Crippen LogP contribution in [0, 0.1) is 11.3 Å². The van der Waals surface area contributed by atoms with Crippen molar-refractivity contribution < 1.29 is 22.5 Å². The maximum absolute atomic E-state index is 12.9. The molecule has 130 valence electrons. The van der Waals surface area contributed by atoms with Gasteiger partial charge in [-0.15, -0.1) is 0 Å². The predicted molar refractivity (Wildman–Crippen MR) is 85.8 cm³/mol. The van der Waals surface area contributed by atoms with E-state index in [-0.39, 0.29) is 11.4 Å². The van der Waals surface area contributed by atoms with Crippen molar-refractivity contribution in [2.75, 3.05) is 5.32 Å². The highest BCUT2D eigenvalue weighted by Crippen LogP contribution is 2.33. The summed E-state index contributed by atoms with van der Waals surface area (Å²) in [6.45, 7) is 6.34. The van der Waals surface area contributed by atoms with Crippen LogP contribution in [-0.2, 0) is 22.3 Å². The molecule has 1 aromatic rings. The SMILES string of the molecule is CC(=N[S@@+]([O-])C(C)(C)C)C(=O)Nc1ccc(C#N)c(C(F)(F)F)c1. The Kier molecular flexibility index (Phi) is 6.03. The molecule has 0 saturated heterocycles. The molecule has 0 aliphatic carbocycles. The number of carbonyl (C=O) groups excluding carboxylic acids is 1. The van der Waals surface area contributed by atoms with Gasteiger partial charge in [-0.3, -0.25) is 4.79 Å². The van der Waals surface area contributed by atoms with Gasteiger partial charge in [0.2, 0.25) is 0 Å². The molecule has 1 amide bonds. The quantitative estimate of drug-likeness (QED) is 0.662. The molecule has 0 saturated carbocycles. The zero-order valence-corrected chi connectivity index (χ0v) is 14.3. The van der Waals surface area contributed by atoms with Gasteiger partial charge in [0.1, 0.15) is 16.1 Å². The van der Waals surface area contributed by atoms with Crippen LogP contribution in [0.15, 0.2) is 22.6 Å². The Bertz CT molecular complexity index is 703. The highest BCUT2D eigenvalue weighted by Gasteiger charge is 2.34. The van der Waals surface area contributed by atoms with E-state index in [1.54, 1.807) is 20.8 Å². The largest absolute Gasteiger partial charge is 0.591 e. The van der Waals surface area contributed by atoms with E-state index < -0.39 is 39.3 Å². The van der Waals surface area contributed by atoms with E-state index in [9.17, 15) is 22.5 Å². The molecule has 0 unspecified atom stereocenters. The molecule has 9 heteroatoms. The lowest BCUT2D eigenvalue weighted by Crippen LogP contribution is -2.29. The predicted octanol–water partition coefficient (Wildman–Crippen LogP) is 3.44. The van der Waals surface area contributed by atoms with Gasteiger partial charge in [0.15, 0.2) is 5.71 Å². The molecular formula is C15H16F3N3O2S. The molecule has 0 spiro atoms. The third-order valence-electron chi connectivity index (χ3n) is 2.78. The normalized spacial score (nSPS) is 14.0. The van der Waals surface area contributed by atoms with Gasteiger partial charge in [-0.25, -0.2) is 0 Å². The van der Waals surface area contributed by atoms with Crippen LogP contribution in [0.3, 0.4) is 0 Å². The maximum atomic E-state index is 12.9. The third-order valence-corrected chi connectivity index (χ3v) is 4.26. The first-order valence-electron chi connectivity index (χ1n) is 6.76. The fraction of sp³-hybridized carbons (Fsp3) is 0.400. The molecule has 1 rings (SSSR count). The lowest BCUT2D eigenvalue weighted by molar-refractivity contribution is -0.137. The van der Waals surface area contributed by atoms with Crippen molar-refractivity contribution in [1.82, 2.24) is 0 Å². The van der Waals surface area contributed by atoms with Crippen molar-refractivity contribution in [3.05, 3.63) is 29.3 Å². The number of hydrogen-bond acceptors (Lipinski definition) is 4. The highest BCUT2D eigenvalue weighted by molar-refractivity contribution is 7.91. The van der Waals surface area contributed by atoms with Gasteiger partial charge in [-0.05, 0) is 45.9 Å². The van der Waals surface area contributed by atoms with Crippen molar-refractivity contribution in [3.63, 3.8) is 0 Å². The molecule has 0 bridgehead atoms. The van der Waals surface area contributed by atoms with Gasteiger partial charge in [-0.1, -0.05) is 4.40 Å². The second-order valence-electron chi connectivity index (χ2n) is 5.86. The lowest BCUT2D eigenvalue weighted by atomic mass is 10.1. The number of benzene rings is 1. The van der Waals surface area contributed by atoms with E-state index in [0.717, 1.165) is 6.07 Å². The number of halogens is 3. The van der Waals surface area contributed by atoms with Gasteiger partial charge in [0, 0.05) is 5.69 Å². The molecule has 0 aliphatic rings. The van der Waals surface area contributed by atoms with Crippen molar-refractivity contribution in [2.24, 2.45) is 4.40 Å². The lowest BCUT2D eigenvalue weighted by Gasteiger charge is -2.18. The summed E-state index contributed by atoms with van der Waals surface area (Å²) in [5.74, 6) is -0.773. The summed E-state index contributed by atoms with van der Waals surface area (Å²) in [6, 6.07) is 4.27. The first-order valence-corrected chi connectivity index (χ1v) is 7.87. The van der Waals surface area contributed by atoms with Gasteiger partial charge >= 0.3 is 6.18 Å². The van der Waals surface area contributed by atoms with Crippen molar-refractivity contribution in [3.8, 4) is 6.07 Å². The molecule has 0 fully saturated rings. The van der Waals surface area contributed by atoms with Gasteiger partial charge in [-0.2, -0.15) is 18.4 Å². The fourth-order valence-electron chi connectivity index (χ4n) is 1.48. The molecule has 5 nitrogen and oxygen atoms in total.